The van der Waals surface area contributed by atoms with Crippen LogP contribution in [0, 0.1) is 0 Å². The van der Waals surface area contributed by atoms with Gasteiger partial charge < -0.3 is 19.9 Å². The molecule has 1 aromatic heterocycles. The third-order valence-electron chi connectivity index (χ3n) is 2.07. The van der Waals surface area contributed by atoms with Crippen molar-refractivity contribution in [3.8, 4) is 5.88 Å². The van der Waals surface area contributed by atoms with Gasteiger partial charge in [-0.1, -0.05) is 6.07 Å². The van der Waals surface area contributed by atoms with Gasteiger partial charge in [0.25, 0.3) is 0 Å². The third kappa shape index (κ3) is 4.57. The monoisotopic (exact) mass is 226 g/mol. The van der Waals surface area contributed by atoms with Gasteiger partial charge in [-0.2, -0.15) is 0 Å². The van der Waals surface area contributed by atoms with Gasteiger partial charge in [0.05, 0.1) is 19.8 Å². The Morgan fingerprint density at radius 2 is 2.25 bits per heavy atom. The lowest BCUT2D eigenvalue weighted by atomic mass is 10.3. The average Bonchev–Trinajstić information content (AvgIpc) is 2.30. The molecule has 0 bridgehead atoms. The predicted octanol–water partition coefficient (Wildman–Crippen LogP) is 0.187. The molecule has 0 aromatic carbocycles. The first kappa shape index (κ1) is 12.9. The summed E-state index contributed by atoms with van der Waals surface area (Å²) in [7, 11) is 3.15. The lowest BCUT2D eigenvalue weighted by Gasteiger charge is -2.10. The number of pyridine rings is 1. The maximum absolute atomic E-state index is 9.39. The predicted molar refractivity (Wildman–Crippen MR) is 60.4 cm³/mol. The van der Waals surface area contributed by atoms with Crippen molar-refractivity contribution >= 4 is 0 Å². The summed E-state index contributed by atoms with van der Waals surface area (Å²) in [5, 5.41) is 12.5. The molecule has 5 heteroatoms. The standard InChI is InChI=1S/C11H18N2O3/c1-15-8-10(14)7-12-5-9-3-4-11(16-2)13-6-9/h3-4,6,10,12,14H,5,7-8H2,1-2H3. The van der Waals surface area contributed by atoms with E-state index in [0.29, 0.717) is 25.6 Å². The van der Waals surface area contributed by atoms with Crippen LogP contribution in [0.25, 0.3) is 0 Å². The van der Waals surface area contributed by atoms with Crippen molar-refractivity contribution in [1.29, 1.82) is 0 Å². The van der Waals surface area contributed by atoms with Crippen LogP contribution in [0.1, 0.15) is 5.56 Å². The molecule has 0 amide bonds. The molecule has 1 aromatic rings. The summed E-state index contributed by atoms with van der Waals surface area (Å²) in [5.41, 5.74) is 1.05. The van der Waals surface area contributed by atoms with Crippen LogP contribution in [0.4, 0.5) is 0 Å². The van der Waals surface area contributed by atoms with E-state index in [1.54, 1.807) is 20.4 Å². The van der Waals surface area contributed by atoms with E-state index in [0.717, 1.165) is 5.56 Å². The molecule has 16 heavy (non-hydrogen) atoms. The van der Waals surface area contributed by atoms with E-state index >= 15 is 0 Å². The summed E-state index contributed by atoms with van der Waals surface area (Å²) in [6.07, 6.45) is 1.27. The topological polar surface area (TPSA) is 63.6 Å². The highest BCUT2D eigenvalue weighted by Gasteiger charge is 2.02. The fourth-order valence-corrected chi connectivity index (χ4v) is 1.27. The van der Waals surface area contributed by atoms with Crippen LogP contribution in [0.2, 0.25) is 0 Å². The first-order valence-electron chi connectivity index (χ1n) is 5.13. The lowest BCUT2D eigenvalue weighted by molar-refractivity contribution is 0.0644. The van der Waals surface area contributed by atoms with E-state index in [9.17, 15) is 5.11 Å². The molecule has 0 fully saturated rings. The minimum Gasteiger partial charge on any atom is -0.481 e. The highest BCUT2D eigenvalue weighted by molar-refractivity contribution is 5.17. The second kappa shape index (κ2) is 7.16. The van der Waals surface area contributed by atoms with E-state index in [4.69, 9.17) is 9.47 Å². The maximum Gasteiger partial charge on any atom is 0.212 e. The van der Waals surface area contributed by atoms with Gasteiger partial charge in [-0.05, 0) is 5.56 Å². The Morgan fingerprint density at radius 1 is 1.44 bits per heavy atom. The Morgan fingerprint density at radius 3 is 2.81 bits per heavy atom. The summed E-state index contributed by atoms with van der Waals surface area (Å²) >= 11 is 0. The van der Waals surface area contributed by atoms with Crippen molar-refractivity contribution in [3.63, 3.8) is 0 Å². The van der Waals surface area contributed by atoms with E-state index in [2.05, 4.69) is 10.3 Å². The molecular weight excluding hydrogens is 208 g/mol. The van der Waals surface area contributed by atoms with Gasteiger partial charge >= 0.3 is 0 Å². The first-order chi connectivity index (χ1) is 7.76. The Labute approximate surface area is 95.4 Å². The molecule has 0 aliphatic carbocycles. The van der Waals surface area contributed by atoms with Crippen molar-refractivity contribution < 1.29 is 14.6 Å². The molecule has 1 atom stereocenters. The summed E-state index contributed by atoms with van der Waals surface area (Å²) in [6.45, 7) is 1.51. The smallest absolute Gasteiger partial charge is 0.212 e. The molecule has 0 saturated heterocycles. The molecule has 5 nitrogen and oxygen atoms in total. The number of aliphatic hydroxyl groups excluding tert-OH is 1. The summed E-state index contributed by atoms with van der Waals surface area (Å²) < 4.78 is 9.77. The van der Waals surface area contributed by atoms with Gasteiger partial charge in [-0.15, -0.1) is 0 Å². The van der Waals surface area contributed by atoms with E-state index in [-0.39, 0.29) is 0 Å². The number of methoxy groups -OCH3 is 2. The quantitative estimate of drug-likeness (QED) is 0.694. The lowest BCUT2D eigenvalue weighted by Crippen LogP contribution is -2.29. The zero-order chi connectivity index (χ0) is 11.8. The van der Waals surface area contributed by atoms with Crippen LogP contribution in [-0.2, 0) is 11.3 Å². The van der Waals surface area contributed by atoms with Crippen LogP contribution in [0.5, 0.6) is 5.88 Å². The summed E-state index contributed by atoms with van der Waals surface area (Å²) in [5.74, 6) is 0.600. The third-order valence-corrected chi connectivity index (χ3v) is 2.07. The molecule has 1 unspecified atom stereocenters. The number of nitrogens with one attached hydrogen (secondary N) is 1. The number of nitrogens with zero attached hydrogens (tertiary/aromatic N) is 1. The molecule has 0 saturated carbocycles. The molecule has 0 radical (unpaired) electrons. The van der Waals surface area contributed by atoms with Crippen LogP contribution >= 0.6 is 0 Å². The summed E-state index contributed by atoms with van der Waals surface area (Å²) in [6, 6.07) is 3.74. The minimum atomic E-state index is -0.476. The van der Waals surface area contributed by atoms with Crippen LogP contribution in [-0.4, -0.2) is 43.6 Å². The maximum atomic E-state index is 9.39. The van der Waals surface area contributed by atoms with E-state index in [1.807, 2.05) is 12.1 Å². The molecule has 1 heterocycles. The SMILES string of the molecule is COCC(O)CNCc1ccc(OC)nc1. The van der Waals surface area contributed by atoms with Gasteiger partial charge in [0, 0.05) is 32.5 Å². The van der Waals surface area contributed by atoms with E-state index in [1.165, 1.54) is 0 Å². The number of ether oxygens (including phenoxy) is 2. The van der Waals surface area contributed by atoms with Crippen LogP contribution < -0.4 is 10.1 Å². The zero-order valence-corrected chi connectivity index (χ0v) is 9.64. The largest absolute Gasteiger partial charge is 0.481 e. The van der Waals surface area contributed by atoms with Crippen LogP contribution in [0.3, 0.4) is 0 Å². The normalized spacial score (nSPS) is 12.4. The first-order valence-corrected chi connectivity index (χ1v) is 5.13. The Bertz CT molecular complexity index is 290. The van der Waals surface area contributed by atoms with Gasteiger partial charge in [0.15, 0.2) is 0 Å². The summed E-state index contributed by atoms with van der Waals surface area (Å²) in [4.78, 5) is 4.08. The highest BCUT2D eigenvalue weighted by atomic mass is 16.5. The van der Waals surface area contributed by atoms with Gasteiger partial charge in [-0.25, -0.2) is 4.98 Å². The van der Waals surface area contributed by atoms with Gasteiger partial charge in [-0.3, -0.25) is 0 Å². The van der Waals surface area contributed by atoms with Crippen molar-refractivity contribution in [3.05, 3.63) is 23.9 Å². The number of rotatable bonds is 7. The molecule has 0 aliphatic heterocycles. The molecule has 90 valence electrons. The number of aliphatic hydroxyl groups is 1. The minimum absolute atomic E-state index is 0.341. The Hall–Kier alpha value is -1.17. The molecular formula is C11H18N2O3. The highest BCUT2D eigenvalue weighted by Crippen LogP contribution is 2.05. The van der Waals surface area contributed by atoms with Crippen molar-refractivity contribution in [2.45, 2.75) is 12.6 Å². The second-order valence-electron chi connectivity index (χ2n) is 3.45. The number of hydrogen-bond acceptors (Lipinski definition) is 5. The van der Waals surface area contributed by atoms with Crippen LogP contribution in [0.15, 0.2) is 18.3 Å². The average molecular weight is 226 g/mol. The molecule has 0 aliphatic rings. The van der Waals surface area contributed by atoms with Crippen molar-refractivity contribution in [1.82, 2.24) is 10.3 Å². The van der Waals surface area contributed by atoms with E-state index < -0.39 is 6.10 Å². The molecule has 2 N–H and O–H groups in total. The second-order valence-corrected chi connectivity index (χ2v) is 3.45. The van der Waals surface area contributed by atoms with Gasteiger partial charge in [0.2, 0.25) is 5.88 Å². The Balaban J connectivity index is 2.26. The van der Waals surface area contributed by atoms with Crippen molar-refractivity contribution in [2.24, 2.45) is 0 Å². The van der Waals surface area contributed by atoms with Crippen molar-refractivity contribution in [2.75, 3.05) is 27.4 Å². The number of aromatic nitrogens is 1. The Kier molecular flexibility index (Phi) is 5.77. The fraction of sp³-hybridized carbons (Fsp3) is 0.545. The zero-order valence-electron chi connectivity index (χ0n) is 9.64. The molecule has 1 rings (SSSR count). The molecule has 0 spiro atoms. The fourth-order valence-electron chi connectivity index (χ4n) is 1.27. The van der Waals surface area contributed by atoms with Gasteiger partial charge in [0.1, 0.15) is 0 Å². The number of hydrogen-bond donors (Lipinski definition) is 2.